The lowest BCUT2D eigenvalue weighted by molar-refractivity contribution is 1.16. The van der Waals surface area contributed by atoms with Gasteiger partial charge in [-0.3, -0.25) is 0 Å². The third-order valence-corrected chi connectivity index (χ3v) is 11.8. The number of benzene rings is 9. The van der Waals surface area contributed by atoms with E-state index in [1.54, 1.807) is 0 Å². The van der Waals surface area contributed by atoms with Crippen LogP contribution in [-0.4, -0.2) is 13.7 Å². The molecule has 0 spiro atoms. The Kier molecular flexibility index (Phi) is 6.93. The third kappa shape index (κ3) is 4.79. The molecule has 3 aromatic heterocycles. The molecule has 0 saturated heterocycles. The average molecular weight is 726 g/mol. The van der Waals surface area contributed by atoms with Gasteiger partial charge in [0.1, 0.15) is 0 Å². The monoisotopic (exact) mass is 725 g/mol. The molecule has 0 fully saturated rings. The highest BCUT2D eigenvalue weighted by molar-refractivity contribution is 6.14. The van der Waals surface area contributed by atoms with Gasteiger partial charge in [0.15, 0.2) is 0 Å². The second-order valence-electron chi connectivity index (χ2n) is 14.9. The molecule has 0 aliphatic heterocycles. The number of aromatic nitrogens is 3. The minimum absolute atomic E-state index is 1.15. The van der Waals surface area contributed by atoms with Gasteiger partial charge in [0, 0.05) is 49.3 Å². The van der Waals surface area contributed by atoms with Gasteiger partial charge in [0.05, 0.1) is 38.8 Å². The maximum atomic E-state index is 2.44. The standard InChI is InChI=1S/C54H35N3/c1-2-15-36(16-3-1)37-17-14-18-39(33-37)55-50-26-11-8-23-45(50)47-35-40(30-32-54(47)55)56-49-25-10-7-22-44(49)46-34-38(29-31-53(46)56)41-19-4-9-24-48(41)57-51-27-12-5-20-42(51)43-21-6-13-28-52(43)57/h1-35H. The summed E-state index contributed by atoms with van der Waals surface area (Å²) in [5.41, 5.74) is 15.5. The molecule has 0 atom stereocenters. The molecule has 57 heavy (non-hydrogen) atoms. The molecule has 0 aliphatic rings. The van der Waals surface area contributed by atoms with Crippen LogP contribution in [-0.2, 0) is 0 Å². The zero-order valence-electron chi connectivity index (χ0n) is 31.0. The van der Waals surface area contributed by atoms with Gasteiger partial charge in [-0.25, -0.2) is 0 Å². The Hall–Kier alpha value is -7.62. The fraction of sp³-hybridized carbons (Fsp3) is 0. The average Bonchev–Trinajstić information content (AvgIpc) is 3.92. The van der Waals surface area contributed by atoms with Crippen molar-refractivity contribution in [3.8, 4) is 39.3 Å². The molecule has 0 radical (unpaired) electrons. The molecule has 12 aromatic rings. The van der Waals surface area contributed by atoms with Gasteiger partial charge in [0.2, 0.25) is 0 Å². The van der Waals surface area contributed by atoms with Crippen LogP contribution in [0, 0.1) is 0 Å². The zero-order valence-corrected chi connectivity index (χ0v) is 31.0. The topological polar surface area (TPSA) is 14.8 Å². The van der Waals surface area contributed by atoms with Crippen LogP contribution in [0.25, 0.3) is 105 Å². The van der Waals surface area contributed by atoms with E-state index in [0.717, 1.165) is 11.4 Å². The SMILES string of the molecule is c1ccc(-c2cccc(-n3c4ccccc4c4cc(-n5c6ccccc6c6cc(-c7ccccc7-n7c8ccccc8c8ccccc87)ccc65)ccc43)c2)cc1. The van der Waals surface area contributed by atoms with E-state index >= 15 is 0 Å². The van der Waals surface area contributed by atoms with Crippen molar-refractivity contribution < 1.29 is 0 Å². The van der Waals surface area contributed by atoms with Crippen molar-refractivity contribution in [2.24, 2.45) is 0 Å². The normalized spacial score (nSPS) is 11.9. The lowest BCUT2D eigenvalue weighted by atomic mass is 10.0. The molecule has 0 unspecified atom stereocenters. The van der Waals surface area contributed by atoms with Crippen molar-refractivity contribution in [2.75, 3.05) is 0 Å². The Labute approximate surface area is 329 Å². The van der Waals surface area contributed by atoms with Crippen molar-refractivity contribution in [3.05, 3.63) is 212 Å². The second kappa shape index (κ2) is 12.5. The van der Waals surface area contributed by atoms with Crippen LogP contribution in [0.5, 0.6) is 0 Å². The zero-order chi connectivity index (χ0) is 37.5. The fourth-order valence-corrected chi connectivity index (χ4v) is 9.35. The summed E-state index contributed by atoms with van der Waals surface area (Å²) >= 11 is 0. The maximum Gasteiger partial charge on any atom is 0.0542 e. The molecule has 12 rings (SSSR count). The lowest BCUT2D eigenvalue weighted by Gasteiger charge is -2.14. The van der Waals surface area contributed by atoms with Crippen LogP contribution < -0.4 is 0 Å². The molecule has 3 nitrogen and oxygen atoms in total. The van der Waals surface area contributed by atoms with Crippen LogP contribution in [0.15, 0.2) is 212 Å². The van der Waals surface area contributed by atoms with E-state index in [1.165, 1.54) is 93.4 Å². The summed E-state index contributed by atoms with van der Waals surface area (Å²) < 4.78 is 7.28. The van der Waals surface area contributed by atoms with E-state index in [0.29, 0.717) is 0 Å². The van der Waals surface area contributed by atoms with Crippen LogP contribution in [0.1, 0.15) is 0 Å². The number of rotatable bonds is 5. The van der Waals surface area contributed by atoms with E-state index in [-0.39, 0.29) is 0 Å². The second-order valence-corrected chi connectivity index (χ2v) is 14.9. The molecule has 0 aliphatic carbocycles. The molecule has 9 aromatic carbocycles. The lowest BCUT2D eigenvalue weighted by Crippen LogP contribution is -1.97. The molecule has 3 heteroatoms. The van der Waals surface area contributed by atoms with Crippen molar-refractivity contribution in [1.29, 1.82) is 0 Å². The third-order valence-electron chi connectivity index (χ3n) is 11.8. The van der Waals surface area contributed by atoms with Crippen LogP contribution in [0.3, 0.4) is 0 Å². The summed E-state index contributed by atoms with van der Waals surface area (Å²) in [7, 11) is 0. The highest BCUT2D eigenvalue weighted by Gasteiger charge is 2.19. The molecule has 266 valence electrons. The quantitative estimate of drug-likeness (QED) is 0.168. The highest BCUT2D eigenvalue weighted by atomic mass is 15.0. The van der Waals surface area contributed by atoms with Crippen LogP contribution >= 0.6 is 0 Å². The Bertz CT molecular complexity index is 3470. The van der Waals surface area contributed by atoms with E-state index in [1.807, 2.05) is 0 Å². The summed E-state index contributed by atoms with van der Waals surface area (Å²) in [6.45, 7) is 0. The first-order valence-electron chi connectivity index (χ1n) is 19.6. The van der Waals surface area contributed by atoms with Crippen molar-refractivity contribution in [2.45, 2.75) is 0 Å². The van der Waals surface area contributed by atoms with E-state index < -0.39 is 0 Å². The van der Waals surface area contributed by atoms with E-state index in [9.17, 15) is 0 Å². The largest absolute Gasteiger partial charge is 0.309 e. The van der Waals surface area contributed by atoms with E-state index in [4.69, 9.17) is 0 Å². The minimum Gasteiger partial charge on any atom is -0.309 e. The Morgan fingerprint density at radius 2 is 0.684 bits per heavy atom. The van der Waals surface area contributed by atoms with Gasteiger partial charge >= 0.3 is 0 Å². The summed E-state index contributed by atoms with van der Waals surface area (Å²) in [5, 5.41) is 7.48. The summed E-state index contributed by atoms with van der Waals surface area (Å²) in [6, 6.07) is 77.4. The van der Waals surface area contributed by atoms with Crippen molar-refractivity contribution in [3.63, 3.8) is 0 Å². The maximum absolute atomic E-state index is 2.44. The Morgan fingerprint density at radius 1 is 0.228 bits per heavy atom. The molecule has 0 bridgehead atoms. The van der Waals surface area contributed by atoms with Gasteiger partial charge in [-0.1, -0.05) is 140 Å². The summed E-state index contributed by atoms with van der Waals surface area (Å²) in [6.07, 6.45) is 0. The molecule has 0 amide bonds. The first-order valence-corrected chi connectivity index (χ1v) is 19.6. The molecular weight excluding hydrogens is 691 g/mol. The number of hydrogen-bond donors (Lipinski definition) is 0. The first-order chi connectivity index (χ1) is 28.3. The van der Waals surface area contributed by atoms with Gasteiger partial charge in [-0.15, -0.1) is 0 Å². The van der Waals surface area contributed by atoms with Crippen LogP contribution in [0.2, 0.25) is 0 Å². The summed E-state index contributed by atoms with van der Waals surface area (Å²) in [4.78, 5) is 0. The minimum atomic E-state index is 1.15. The van der Waals surface area contributed by atoms with Gasteiger partial charge in [0.25, 0.3) is 0 Å². The predicted molar refractivity (Wildman–Crippen MR) is 240 cm³/mol. The Balaban J connectivity index is 1.04. The molecular formula is C54H35N3. The van der Waals surface area contributed by atoms with Gasteiger partial charge in [-0.2, -0.15) is 0 Å². The molecule has 0 saturated carbocycles. The number of para-hydroxylation sites is 5. The Morgan fingerprint density at radius 3 is 1.33 bits per heavy atom. The molecule has 3 heterocycles. The van der Waals surface area contributed by atoms with Gasteiger partial charge < -0.3 is 13.7 Å². The number of nitrogens with zero attached hydrogens (tertiary/aromatic N) is 3. The number of fused-ring (bicyclic) bond motifs is 9. The van der Waals surface area contributed by atoms with Crippen LogP contribution in [0.4, 0.5) is 0 Å². The highest BCUT2D eigenvalue weighted by Crippen LogP contribution is 2.41. The predicted octanol–water partition coefficient (Wildman–Crippen LogP) is 14.3. The molecule has 0 N–H and O–H groups in total. The van der Waals surface area contributed by atoms with Crippen molar-refractivity contribution >= 4 is 65.4 Å². The van der Waals surface area contributed by atoms with Gasteiger partial charge in [-0.05, 0) is 89.5 Å². The van der Waals surface area contributed by atoms with Crippen molar-refractivity contribution in [1.82, 2.24) is 13.7 Å². The summed E-state index contributed by atoms with van der Waals surface area (Å²) in [5.74, 6) is 0. The fourth-order valence-electron chi connectivity index (χ4n) is 9.35. The van der Waals surface area contributed by atoms with E-state index in [2.05, 4.69) is 226 Å². The smallest absolute Gasteiger partial charge is 0.0542 e. The number of hydrogen-bond acceptors (Lipinski definition) is 0. The first kappa shape index (κ1) is 31.7.